The molecule has 134 valence electrons. The molecule has 0 bridgehead atoms. The predicted octanol–water partition coefficient (Wildman–Crippen LogP) is 4.54. The van der Waals surface area contributed by atoms with Crippen molar-refractivity contribution < 1.29 is 9.31 Å². The number of nitrogens with one attached hydrogen (secondary N) is 1. The van der Waals surface area contributed by atoms with Gasteiger partial charge in [0.1, 0.15) is 0 Å². The molecule has 1 saturated heterocycles. The zero-order valence-corrected chi connectivity index (χ0v) is 16.4. The summed E-state index contributed by atoms with van der Waals surface area (Å²) in [5.74, 6) is 2.29. The molecule has 0 saturated carbocycles. The van der Waals surface area contributed by atoms with Crippen molar-refractivity contribution in [3.8, 4) is 0 Å². The van der Waals surface area contributed by atoms with Gasteiger partial charge in [-0.3, -0.25) is 0 Å². The number of hydrogen-bond donors (Lipinski definition) is 1. The molecule has 0 amide bonds. The summed E-state index contributed by atoms with van der Waals surface area (Å²) in [6.45, 7) is 11.1. The number of anilines is 1. The Morgan fingerprint density at radius 1 is 1.00 bits per heavy atom. The third-order valence-corrected chi connectivity index (χ3v) is 5.84. The monoisotopic (exact) mass is 339 g/mol. The van der Waals surface area contributed by atoms with Gasteiger partial charge >= 0.3 is 7.12 Å². The highest BCUT2D eigenvalue weighted by Gasteiger charge is 2.52. The minimum atomic E-state index is -0.320. The van der Waals surface area contributed by atoms with E-state index in [-0.39, 0.29) is 18.3 Å². The first-order valence-electron chi connectivity index (χ1n) is 9.77. The first-order valence-corrected chi connectivity index (χ1v) is 9.77. The molecule has 0 radical (unpaired) electrons. The van der Waals surface area contributed by atoms with Crippen molar-refractivity contribution in [3.05, 3.63) is 29.7 Å². The third kappa shape index (κ3) is 3.83. The lowest BCUT2D eigenvalue weighted by atomic mass is 9.55. The second-order valence-corrected chi connectivity index (χ2v) is 8.36. The minimum absolute atomic E-state index is 0.315. The molecule has 0 unspecified atom stereocenters. The lowest BCUT2D eigenvalue weighted by molar-refractivity contribution is 0.00578. The van der Waals surface area contributed by atoms with E-state index in [0.717, 1.165) is 5.46 Å². The first kappa shape index (κ1) is 18.6. The van der Waals surface area contributed by atoms with E-state index in [9.17, 15) is 0 Å². The minimum Gasteiger partial charge on any atom is -0.424 e. The van der Waals surface area contributed by atoms with Crippen LogP contribution in [0.3, 0.4) is 0 Å². The Morgan fingerprint density at radius 3 is 2.40 bits per heavy atom. The summed E-state index contributed by atoms with van der Waals surface area (Å²) in [7, 11) is -0.320. The molecule has 3 rings (SSSR count). The summed E-state index contributed by atoms with van der Waals surface area (Å²) < 4.78 is 12.6. The van der Waals surface area contributed by atoms with Crippen LogP contribution in [0.25, 0.3) is 6.08 Å². The van der Waals surface area contributed by atoms with Crippen LogP contribution in [0.15, 0.2) is 24.2 Å². The fraction of sp³-hybridized carbons (Fsp3) is 0.600. The smallest absolute Gasteiger partial charge is 0.424 e. The normalized spacial score (nSPS) is 20.5. The number of fused-ring (bicyclic) bond motifs is 1. The second kappa shape index (κ2) is 7.20. The van der Waals surface area contributed by atoms with Crippen molar-refractivity contribution in [1.82, 2.24) is 0 Å². The summed E-state index contributed by atoms with van der Waals surface area (Å²) in [5, 5.41) is 3.73. The maximum absolute atomic E-state index is 6.28. The zero-order chi connectivity index (χ0) is 18.1. The lowest BCUT2D eigenvalue weighted by Gasteiger charge is -2.32. The molecule has 0 aliphatic carbocycles. The van der Waals surface area contributed by atoms with Crippen molar-refractivity contribution >= 4 is 31.2 Å². The summed E-state index contributed by atoms with van der Waals surface area (Å²) in [6, 6.07) is 6.37. The number of benzene rings is 1. The van der Waals surface area contributed by atoms with Crippen molar-refractivity contribution in [2.75, 3.05) is 5.23 Å². The molecule has 0 spiro atoms. The van der Waals surface area contributed by atoms with Crippen molar-refractivity contribution in [1.29, 1.82) is 0 Å². The first-order chi connectivity index (χ1) is 11.8. The summed E-state index contributed by atoms with van der Waals surface area (Å²) in [4.78, 5) is 0. The van der Waals surface area contributed by atoms with Gasteiger partial charge < -0.3 is 14.5 Å². The fourth-order valence-corrected chi connectivity index (χ4v) is 3.47. The van der Waals surface area contributed by atoms with Crippen molar-refractivity contribution in [3.63, 3.8) is 0 Å². The summed E-state index contributed by atoms with van der Waals surface area (Å²) >= 11 is 0. The van der Waals surface area contributed by atoms with Crippen LogP contribution in [0.2, 0.25) is 6.32 Å². The Kier molecular flexibility index (Phi) is 5.36. The van der Waals surface area contributed by atoms with Gasteiger partial charge in [0.05, 0.1) is 11.2 Å². The van der Waals surface area contributed by atoms with Gasteiger partial charge in [0, 0.05) is 11.2 Å². The highest BCUT2D eigenvalue weighted by atomic mass is 16.7. The molecule has 1 aromatic rings. The van der Waals surface area contributed by atoms with Gasteiger partial charge in [-0.2, -0.15) is 0 Å². The van der Waals surface area contributed by atoms with Crippen LogP contribution in [0, 0.1) is 0 Å². The van der Waals surface area contributed by atoms with E-state index >= 15 is 0 Å². The maximum Gasteiger partial charge on any atom is 0.496 e. The molecule has 1 fully saturated rings. The largest absolute Gasteiger partial charge is 0.496 e. The second-order valence-electron chi connectivity index (χ2n) is 8.36. The molecule has 25 heavy (non-hydrogen) atoms. The molecule has 2 heterocycles. The molecule has 0 atom stereocenters. The van der Waals surface area contributed by atoms with E-state index in [1.54, 1.807) is 0 Å². The number of para-hydroxylation sites is 1. The standard InChI is InChI=1S/C20H31B2NO2/c1-6-7-8-9-14-21-15-13-16-11-10-12-17(18(16)23-21)22-24-19(2,3)20(4,5)25-22/h10-13,15,23H,6-9,14H2,1-5H3. The molecule has 2 aliphatic heterocycles. The molecular formula is C20H31B2NO2. The molecule has 1 aromatic carbocycles. The van der Waals surface area contributed by atoms with Crippen molar-refractivity contribution in [2.45, 2.75) is 77.8 Å². The predicted molar refractivity (Wildman–Crippen MR) is 110 cm³/mol. The van der Waals surface area contributed by atoms with E-state index in [2.05, 4.69) is 70.1 Å². The van der Waals surface area contributed by atoms with Crippen LogP contribution in [0.1, 0.15) is 65.9 Å². The Labute approximate surface area is 153 Å². The van der Waals surface area contributed by atoms with Gasteiger partial charge in [-0.25, -0.2) is 0 Å². The number of rotatable bonds is 6. The van der Waals surface area contributed by atoms with Crippen molar-refractivity contribution in [2.24, 2.45) is 0 Å². The Morgan fingerprint density at radius 2 is 1.72 bits per heavy atom. The van der Waals surface area contributed by atoms with E-state index in [1.165, 1.54) is 43.3 Å². The molecule has 1 N–H and O–H groups in total. The quantitative estimate of drug-likeness (QED) is 0.610. The zero-order valence-electron chi connectivity index (χ0n) is 16.4. The maximum atomic E-state index is 6.28. The summed E-state index contributed by atoms with van der Waals surface area (Å²) in [6.07, 6.45) is 8.60. The average molecular weight is 339 g/mol. The molecular weight excluding hydrogens is 308 g/mol. The van der Waals surface area contributed by atoms with Gasteiger partial charge in [0.25, 0.3) is 6.85 Å². The van der Waals surface area contributed by atoms with Crippen LogP contribution in [0.5, 0.6) is 0 Å². The van der Waals surface area contributed by atoms with Crippen LogP contribution in [-0.2, 0) is 9.31 Å². The van der Waals surface area contributed by atoms with Crippen LogP contribution < -0.4 is 10.7 Å². The molecule has 5 heteroatoms. The van der Waals surface area contributed by atoms with Gasteiger partial charge in [0.15, 0.2) is 0 Å². The van der Waals surface area contributed by atoms with E-state index in [0.29, 0.717) is 6.85 Å². The van der Waals surface area contributed by atoms with Crippen LogP contribution in [0.4, 0.5) is 5.69 Å². The van der Waals surface area contributed by atoms with E-state index in [1.807, 2.05) is 0 Å². The van der Waals surface area contributed by atoms with E-state index in [4.69, 9.17) is 9.31 Å². The van der Waals surface area contributed by atoms with Gasteiger partial charge in [-0.05, 0) is 39.6 Å². The highest BCUT2D eigenvalue weighted by molar-refractivity contribution is 6.71. The SMILES string of the molecule is CCCCCCB1C=Cc2cccc(B3OC(C)(C)C(C)(C)O3)c2N1. The fourth-order valence-electron chi connectivity index (χ4n) is 3.47. The van der Waals surface area contributed by atoms with Crippen LogP contribution in [-0.4, -0.2) is 25.2 Å². The van der Waals surface area contributed by atoms with Gasteiger partial charge in [-0.1, -0.05) is 62.9 Å². The summed E-state index contributed by atoms with van der Waals surface area (Å²) in [5.41, 5.74) is 2.87. The average Bonchev–Trinajstić information content (AvgIpc) is 2.78. The Balaban J connectivity index is 1.76. The Bertz CT molecular complexity index is 627. The lowest BCUT2D eigenvalue weighted by Crippen LogP contribution is -2.41. The highest BCUT2D eigenvalue weighted by Crippen LogP contribution is 2.37. The Hall–Kier alpha value is -1.19. The molecule has 3 nitrogen and oxygen atoms in total. The molecule has 2 aliphatic rings. The van der Waals surface area contributed by atoms with Crippen LogP contribution >= 0.6 is 0 Å². The van der Waals surface area contributed by atoms with E-state index < -0.39 is 0 Å². The molecule has 0 aromatic heterocycles. The third-order valence-electron chi connectivity index (χ3n) is 5.84. The van der Waals surface area contributed by atoms with Gasteiger partial charge in [-0.15, -0.1) is 0 Å². The number of hydrogen-bond acceptors (Lipinski definition) is 3. The number of unbranched alkanes of at least 4 members (excludes halogenated alkanes) is 3. The topological polar surface area (TPSA) is 30.5 Å². The van der Waals surface area contributed by atoms with Gasteiger partial charge in [0.2, 0.25) is 0 Å².